The first kappa shape index (κ1) is 25.0. The van der Waals surface area contributed by atoms with Gasteiger partial charge in [0, 0.05) is 62.8 Å². The van der Waals surface area contributed by atoms with Crippen LogP contribution in [0.2, 0.25) is 0 Å². The molecule has 176 valence electrons. The van der Waals surface area contributed by atoms with Crippen molar-refractivity contribution in [1.82, 2.24) is 15.6 Å². The summed E-state index contributed by atoms with van der Waals surface area (Å²) in [5.41, 5.74) is 2.10. The van der Waals surface area contributed by atoms with Crippen molar-refractivity contribution in [2.75, 3.05) is 49.1 Å². The third kappa shape index (κ3) is 6.94. The zero-order valence-electron chi connectivity index (χ0n) is 18.7. The van der Waals surface area contributed by atoms with E-state index in [-0.39, 0.29) is 29.8 Å². The second kappa shape index (κ2) is 12.6. The third-order valence-corrected chi connectivity index (χ3v) is 6.86. The molecule has 0 aliphatic carbocycles. The summed E-state index contributed by atoms with van der Waals surface area (Å²) in [7, 11) is 0. The van der Waals surface area contributed by atoms with Crippen molar-refractivity contribution in [3.8, 4) is 0 Å². The van der Waals surface area contributed by atoms with Crippen molar-refractivity contribution in [3.63, 3.8) is 0 Å². The van der Waals surface area contributed by atoms with E-state index in [0.717, 1.165) is 81.0 Å². The van der Waals surface area contributed by atoms with Crippen LogP contribution in [0.1, 0.15) is 38.3 Å². The number of aromatic nitrogens is 1. The Morgan fingerprint density at radius 1 is 1.19 bits per heavy atom. The molecule has 2 N–H and O–H groups in total. The van der Waals surface area contributed by atoms with Crippen molar-refractivity contribution in [3.05, 3.63) is 41.2 Å². The zero-order valence-corrected chi connectivity index (χ0v) is 21.9. The average Bonchev–Trinajstić information content (AvgIpc) is 3.46. The van der Waals surface area contributed by atoms with Crippen molar-refractivity contribution in [2.24, 2.45) is 4.99 Å². The molecule has 1 aromatic carbocycles. The summed E-state index contributed by atoms with van der Waals surface area (Å²) in [6.45, 7) is 7.75. The number of hydrogen-bond acceptors (Lipinski definition) is 5. The fourth-order valence-electron chi connectivity index (χ4n) is 4.22. The molecular weight excluding hydrogens is 538 g/mol. The molecule has 0 radical (unpaired) electrons. The van der Waals surface area contributed by atoms with Crippen molar-refractivity contribution < 1.29 is 4.39 Å². The van der Waals surface area contributed by atoms with E-state index < -0.39 is 0 Å². The Kier molecular flexibility index (Phi) is 9.83. The normalized spacial score (nSPS) is 17.4. The highest BCUT2D eigenvalue weighted by Gasteiger charge is 2.20. The van der Waals surface area contributed by atoms with Crippen LogP contribution in [0.4, 0.5) is 15.2 Å². The van der Waals surface area contributed by atoms with E-state index in [2.05, 4.69) is 32.7 Å². The molecule has 0 amide bonds. The maximum atomic E-state index is 13.5. The van der Waals surface area contributed by atoms with E-state index in [9.17, 15) is 4.39 Å². The van der Waals surface area contributed by atoms with Crippen LogP contribution in [0.15, 0.2) is 34.6 Å². The Morgan fingerprint density at radius 3 is 2.69 bits per heavy atom. The van der Waals surface area contributed by atoms with Crippen molar-refractivity contribution in [1.29, 1.82) is 0 Å². The highest BCUT2D eigenvalue weighted by Crippen LogP contribution is 2.24. The number of piperidine rings is 1. The zero-order chi connectivity index (χ0) is 21.5. The van der Waals surface area contributed by atoms with Crippen LogP contribution in [0.3, 0.4) is 0 Å². The summed E-state index contributed by atoms with van der Waals surface area (Å²) < 4.78 is 13.5. The minimum Gasteiger partial charge on any atom is -0.371 e. The number of guanidine groups is 1. The molecule has 0 saturated carbocycles. The van der Waals surface area contributed by atoms with Gasteiger partial charge in [0.15, 0.2) is 11.1 Å². The maximum absolute atomic E-state index is 13.5. The van der Waals surface area contributed by atoms with Crippen LogP contribution in [0.25, 0.3) is 0 Å². The van der Waals surface area contributed by atoms with Gasteiger partial charge in [0.2, 0.25) is 0 Å². The average molecular weight is 573 g/mol. The lowest BCUT2D eigenvalue weighted by Gasteiger charge is -2.34. The SMILES string of the molecule is CCNC(=NCCc1csc(N2CCCC2)n1)NC1CCN(c2cccc(F)c2)CC1.I. The molecule has 2 aliphatic heterocycles. The highest BCUT2D eigenvalue weighted by atomic mass is 127. The van der Waals surface area contributed by atoms with Crippen LogP contribution in [-0.2, 0) is 6.42 Å². The molecule has 32 heavy (non-hydrogen) atoms. The molecule has 2 fully saturated rings. The number of thiazole rings is 1. The topological polar surface area (TPSA) is 55.8 Å². The Morgan fingerprint density at radius 2 is 1.97 bits per heavy atom. The van der Waals surface area contributed by atoms with Gasteiger partial charge in [-0.25, -0.2) is 9.37 Å². The van der Waals surface area contributed by atoms with E-state index in [4.69, 9.17) is 9.98 Å². The van der Waals surface area contributed by atoms with Gasteiger partial charge >= 0.3 is 0 Å². The quantitative estimate of drug-likeness (QED) is 0.295. The molecule has 0 atom stereocenters. The van der Waals surface area contributed by atoms with Crippen LogP contribution in [0.5, 0.6) is 0 Å². The molecule has 1 aromatic heterocycles. The van der Waals surface area contributed by atoms with Crippen LogP contribution in [-0.4, -0.2) is 56.3 Å². The van der Waals surface area contributed by atoms with E-state index in [1.54, 1.807) is 23.5 Å². The van der Waals surface area contributed by atoms with E-state index in [0.29, 0.717) is 6.04 Å². The second-order valence-electron chi connectivity index (χ2n) is 8.21. The molecular formula is C23H34FIN6S. The maximum Gasteiger partial charge on any atom is 0.191 e. The van der Waals surface area contributed by atoms with Gasteiger partial charge in [-0.3, -0.25) is 4.99 Å². The number of halogens is 2. The van der Waals surface area contributed by atoms with Gasteiger partial charge in [-0.05, 0) is 50.8 Å². The molecule has 0 bridgehead atoms. The molecule has 9 heteroatoms. The summed E-state index contributed by atoms with van der Waals surface area (Å²) in [6.07, 6.45) is 5.42. The summed E-state index contributed by atoms with van der Waals surface area (Å²) >= 11 is 1.75. The molecule has 0 unspecified atom stereocenters. The van der Waals surface area contributed by atoms with E-state index in [1.165, 1.54) is 18.9 Å². The van der Waals surface area contributed by atoms with E-state index >= 15 is 0 Å². The third-order valence-electron chi connectivity index (χ3n) is 5.91. The smallest absolute Gasteiger partial charge is 0.191 e. The number of hydrogen-bond donors (Lipinski definition) is 2. The van der Waals surface area contributed by atoms with Gasteiger partial charge < -0.3 is 20.4 Å². The minimum atomic E-state index is -0.174. The standard InChI is InChI=1S/C23H33FN6S.HI/c1-2-25-22(26-11-8-20-17-31-23(28-20)30-12-3-4-13-30)27-19-9-14-29(15-10-19)21-7-5-6-18(24)16-21;/h5-7,16-17,19H,2-4,8-15H2,1H3,(H2,25,26,27);1H. The fourth-order valence-corrected chi connectivity index (χ4v) is 5.13. The number of nitrogens with one attached hydrogen (secondary N) is 2. The largest absolute Gasteiger partial charge is 0.371 e. The molecule has 2 aromatic rings. The van der Waals surface area contributed by atoms with Gasteiger partial charge in [0.25, 0.3) is 0 Å². The van der Waals surface area contributed by atoms with Gasteiger partial charge in [0.1, 0.15) is 5.82 Å². The number of anilines is 2. The summed E-state index contributed by atoms with van der Waals surface area (Å²) in [5.74, 6) is 0.702. The first-order chi connectivity index (χ1) is 15.2. The Hall–Kier alpha value is -1.62. The Bertz CT molecular complexity index is 862. The van der Waals surface area contributed by atoms with Gasteiger partial charge in [-0.2, -0.15) is 0 Å². The van der Waals surface area contributed by atoms with Gasteiger partial charge in [-0.1, -0.05) is 6.07 Å². The predicted molar refractivity (Wildman–Crippen MR) is 143 cm³/mol. The molecule has 4 rings (SSSR count). The van der Waals surface area contributed by atoms with Crippen LogP contribution in [0, 0.1) is 5.82 Å². The summed E-state index contributed by atoms with van der Waals surface area (Å²) in [6, 6.07) is 7.25. The van der Waals surface area contributed by atoms with Crippen molar-refractivity contribution in [2.45, 2.75) is 45.1 Å². The molecule has 3 heterocycles. The highest BCUT2D eigenvalue weighted by molar-refractivity contribution is 14.0. The monoisotopic (exact) mass is 572 g/mol. The molecule has 2 saturated heterocycles. The van der Waals surface area contributed by atoms with Gasteiger partial charge in [0.05, 0.1) is 5.69 Å². The lowest BCUT2D eigenvalue weighted by Crippen LogP contribution is -2.48. The Labute approximate surface area is 211 Å². The predicted octanol–water partition coefficient (Wildman–Crippen LogP) is 4.27. The van der Waals surface area contributed by atoms with E-state index in [1.807, 2.05) is 6.07 Å². The number of benzene rings is 1. The fraction of sp³-hybridized carbons (Fsp3) is 0.565. The molecule has 2 aliphatic rings. The lowest BCUT2D eigenvalue weighted by atomic mass is 10.0. The van der Waals surface area contributed by atoms with Crippen LogP contribution >= 0.6 is 35.3 Å². The minimum absolute atomic E-state index is 0. The first-order valence-electron chi connectivity index (χ1n) is 11.5. The Balaban J connectivity index is 0.00000289. The molecule has 6 nitrogen and oxygen atoms in total. The lowest BCUT2D eigenvalue weighted by molar-refractivity contribution is 0.461. The second-order valence-corrected chi connectivity index (χ2v) is 9.05. The van der Waals surface area contributed by atoms with Gasteiger partial charge in [-0.15, -0.1) is 35.3 Å². The summed E-state index contributed by atoms with van der Waals surface area (Å²) in [5, 5.41) is 10.3. The summed E-state index contributed by atoms with van der Waals surface area (Å²) in [4.78, 5) is 14.2. The van der Waals surface area contributed by atoms with Crippen LogP contribution < -0.4 is 20.4 Å². The van der Waals surface area contributed by atoms with Crippen molar-refractivity contribution >= 4 is 52.1 Å². The number of aliphatic imine (C=N–C) groups is 1. The number of nitrogens with zero attached hydrogens (tertiary/aromatic N) is 4. The first-order valence-corrected chi connectivity index (χ1v) is 12.3. The molecule has 0 spiro atoms. The number of rotatable bonds is 7.